The number of nitro benzene ring substituents is 1. The zero-order valence-electron chi connectivity index (χ0n) is 12.4. The number of benzene rings is 1. The molecule has 0 radical (unpaired) electrons. The summed E-state index contributed by atoms with van der Waals surface area (Å²) in [5, 5.41) is 17.0. The number of amides is 1. The van der Waals surface area contributed by atoms with E-state index in [1.165, 1.54) is 12.1 Å². The second-order valence-electron chi connectivity index (χ2n) is 5.67. The number of nitro groups is 1. The monoisotopic (exact) mass is 291 g/mol. The number of aryl methyl sites for hydroxylation is 1. The Hall–Kier alpha value is -1.95. The molecule has 0 spiro atoms. The van der Waals surface area contributed by atoms with Crippen molar-refractivity contribution in [2.24, 2.45) is 5.41 Å². The molecule has 0 aromatic heterocycles. The molecule has 6 nitrogen and oxygen atoms in total. The van der Waals surface area contributed by atoms with Gasteiger partial charge in [-0.05, 0) is 31.9 Å². The highest BCUT2D eigenvalue weighted by Gasteiger charge is 2.40. The molecular weight excluding hydrogens is 270 g/mol. The number of carbonyl (C=O) groups excluding carboxylic acids is 1. The summed E-state index contributed by atoms with van der Waals surface area (Å²) >= 11 is 0. The van der Waals surface area contributed by atoms with Crippen LogP contribution in [0.5, 0.6) is 0 Å². The molecule has 2 N–H and O–H groups in total. The fourth-order valence-corrected chi connectivity index (χ4v) is 2.86. The van der Waals surface area contributed by atoms with Crippen LogP contribution in [0, 0.1) is 22.5 Å². The van der Waals surface area contributed by atoms with E-state index in [1.807, 2.05) is 6.92 Å². The van der Waals surface area contributed by atoms with Crippen LogP contribution in [0.1, 0.15) is 31.7 Å². The Morgan fingerprint density at radius 2 is 2.29 bits per heavy atom. The van der Waals surface area contributed by atoms with Crippen LogP contribution in [0.4, 0.5) is 11.4 Å². The quantitative estimate of drug-likeness (QED) is 0.645. The van der Waals surface area contributed by atoms with Crippen LogP contribution in [0.25, 0.3) is 0 Å². The average molecular weight is 291 g/mol. The maximum absolute atomic E-state index is 12.6. The van der Waals surface area contributed by atoms with Crippen molar-refractivity contribution in [3.8, 4) is 0 Å². The summed E-state index contributed by atoms with van der Waals surface area (Å²) in [5.74, 6) is -0.0436. The predicted molar refractivity (Wildman–Crippen MR) is 81.3 cm³/mol. The molecule has 1 amide bonds. The van der Waals surface area contributed by atoms with Gasteiger partial charge in [-0.25, -0.2) is 0 Å². The maximum atomic E-state index is 12.6. The predicted octanol–water partition coefficient (Wildman–Crippen LogP) is 2.62. The molecule has 0 saturated carbocycles. The van der Waals surface area contributed by atoms with Crippen molar-refractivity contribution in [3.63, 3.8) is 0 Å². The molecule has 21 heavy (non-hydrogen) atoms. The van der Waals surface area contributed by atoms with Crippen LogP contribution in [-0.4, -0.2) is 23.9 Å². The molecule has 1 aliphatic rings. The van der Waals surface area contributed by atoms with Crippen LogP contribution in [0.15, 0.2) is 18.2 Å². The highest BCUT2D eigenvalue weighted by molar-refractivity contribution is 5.96. The Balaban J connectivity index is 2.22. The molecule has 1 unspecified atom stereocenters. The van der Waals surface area contributed by atoms with Crippen molar-refractivity contribution in [2.45, 2.75) is 33.1 Å². The third kappa shape index (κ3) is 3.21. The number of hydrogen-bond donors (Lipinski definition) is 2. The maximum Gasteiger partial charge on any atom is 0.271 e. The molecule has 1 atom stereocenters. The fourth-order valence-electron chi connectivity index (χ4n) is 2.86. The van der Waals surface area contributed by atoms with Gasteiger partial charge in [0.15, 0.2) is 0 Å². The van der Waals surface area contributed by atoms with E-state index in [-0.39, 0.29) is 11.6 Å². The first kappa shape index (κ1) is 15.4. The molecule has 114 valence electrons. The molecule has 1 heterocycles. The zero-order chi connectivity index (χ0) is 15.5. The van der Waals surface area contributed by atoms with Gasteiger partial charge in [0.25, 0.3) is 5.69 Å². The van der Waals surface area contributed by atoms with E-state index in [9.17, 15) is 14.9 Å². The SMILES string of the molecule is CCCC1(C(=O)Nc2cc([N+](=O)[O-])ccc2C)CCNC1. The zero-order valence-corrected chi connectivity index (χ0v) is 12.4. The minimum absolute atomic E-state index is 0.00927. The van der Waals surface area contributed by atoms with Crippen molar-refractivity contribution >= 4 is 17.3 Å². The topological polar surface area (TPSA) is 84.3 Å². The standard InChI is InChI=1S/C15H21N3O3/c1-3-6-15(7-8-16-10-15)14(19)17-13-9-12(18(20)21)5-4-11(13)2/h4-5,9,16H,3,6-8,10H2,1-2H3,(H,17,19). The number of rotatable bonds is 5. The van der Waals surface area contributed by atoms with Gasteiger partial charge < -0.3 is 10.6 Å². The average Bonchev–Trinajstić information content (AvgIpc) is 2.91. The summed E-state index contributed by atoms with van der Waals surface area (Å²) in [6.07, 6.45) is 2.56. The summed E-state index contributed by atoms with van der Waals surface area (Å²) in [6, 6.07) is 4.53. The number of nitrogens with one attached hydrogen (secondary N) is 2. The Morgan fingerprint density at radius 1 is 1.52 bits per heavy atom. The number of nitrogens with zero attached hydrogens (tertiary/aromatic N) is 1. The van der Waals surface area contributed by atoms with Gasteiger partial charge in [0, 0.05) is 18.7 Å². The lowest BCUT2D eigenvalue weighted by Crippen LogP contribution is -2.38. The van der Waals surface area contributed by atoms with Gasteiger partial charge >= 0.3 is 0 Å². The number of anilines is 1. The Bertz CT molecular complexity index is 551. The molecule has 6 heteroatoms. The van der Waals surface area contributed by atoms with E-state index >= 15 is 0 Å². The van der Waals surface area contributed by atoms with Crippen molar-refractivity contribution in [3.05, 3.63) is 33.9 Å². The minimum atomic E-state index is -0.450. The summed E-state index contributed by atoms with van der Waals surface area (Å²) in [6.45, 7) is 5.40. The molecule has 0 bridgehead atoms. The van der Waals surface area contributed by atoms with Crippen LogP contribution in [0.3, 0.4) is 0 Å². The lowest BCUT2D eigenvalue weighted by molar-refractivity contribution is -0.384. The summed E-state index contributed by atoms with van der Waals surface area (Å²) in [5.41, 5.74) is 0.944. The van der Waals surface area contributed by atoms with E-state index in [0.717, 1.165) is 31.4 Å². The van der Waals surface area contributed by atoms with Crippen molar-refractivity contribution in [1.29, 1.82) is 0 Å². The van der Waals surface area contributed by atoms with Gasteiger partial charge in [-0.3, -0.25) is 14.9 Å². The van der Waals surface area contributed by atoms with E-state index < -0.39 is 10.3 Å². The van der Waals surface area contributed by atoms with Crippen LogP contribution < -0.4 is 10.6 Å². The Kier molecular flexibility index (Phi) is 4.57. The summed E-state index contributed by atoms with van der Waals surface area (Å²) in [7, 11) is 0. The summed E-state index contributed by atoms with van der Waals surface area (Å²) in [4.78, 5) is 23.0. The highest BCUT2D eigenvalue weighted by atomic mass is 16.6. The van der Waals surface area contributed by atoms with Crippen molar-refractivity contribution < 1.29 is 9.72 Å². The van der Waals surface area contributed by atoms with Gasteiger partial charge in [-0.2, -0.15) is 0 Å². The van der Waals surface area contributed by atoms with Gasteiger partial charge in [0.2, 0.25) is 5.91 Å². The second kappa shape index (κ2) is 6.22. The molecule has 1 aromatic rings. The van der Waals surface area contributed by atoms with Crippen LogP contribution in [0.2, 0.25) is 0 Å². The van der Waals surface area contributed by atoms with Crippen LogP contribution >= 0.6 is 0 Å². The van der Waals surface area contributed by atoms with Gasteiger partial charge in [-0.1, -0.05) is 19.4 Å². The normalized spacial score (nSPS) is 21.2. The molecular formula is C15H21N3O3. The van der Waals surface area contributed by atoms with Gasteiger partial charge in [-0.15, -0.1) is 0 Å². The first-order valence-electron chi connectivity index (χ1n) is 7.26. The van der Waals surface area contributed by atoms with Gasteiger partial charge in [0.05, 0.1) is 16.0 Å². The second-order valence-corrected chi connectivity index (χ2v) is 5.67. The summed E-state index contributed by atoms with van der Waals surface area (Å²) < 4.78 is 0. The largest absolute Gasteiger partial charge is 0.325 e. The number of hydrogen-bond acceptors (Lipinski definition) is 4. The van der Waals surface area contributed by atoms with Crippen LogP contribution in [-0.2, 0) is 4.79 Å². The minimum Gasteiger partial charge on any atom is -0.325 e. The molecule has 1 aromatic carbocycles. The van der Waals surface area contributed by atoms with Crippen molar-refractivity contribution in [1.82, 2.24) is 5.32 Å². The number of carbonyl (C=O) groups is 1. The molecule has 1 fully saturated rings. The first-order valence-corrected chi connectivity index (χ1v) is 7.26. The van der Waals surface area contributed by atoms with E-state index in [4.69, 9.17) is 0 Å². The molecule has 0 aliphatic carbocycles. The molecule has 1 aliphatic heterocycles. The highest BCUT2D eigenvalue weighted by Crippen LogP contribution is 2.33. The smallest absolute Gasteiger partial charge is 0.271 e. The van der Waals surface area contributed by atoms with Gasteiger partial charge in [0.1, 0.15) is 0 Å². The Morgan fingerprint density at radius 3 is 2.86 bits per heavy atom. The first-order chi connectivity index (χ1) is 9.98. The number of non-ortho nitro benzene ring substituents is 1. The Labute approximate surface area is 124 Å². The van der Waals surface area contributed by atoms with E-state index in [0.29, 0.717) is 12.2 Å². The lowest BCUT2D eigenvalue weighted by Gasteiger charge is -2.26. The molecule has 2 rings (SSSR count). The molecule has 1 saturated heterocycles. The third-order valence-corrected chi connectivity index (χ3v) is 4.13. The van der Waals surface area contributed by atoms with E-state index in [1.54, 1.807) is 6.07 Å². The van der Waals surface area contributed by atoms with E-state index in [2.05, 4.69) is 17.6 Å². The van der Waals surface area contributed by atoms with Crippen molar-refractivity contribution in [2.75, 3.05) is 18.4 Å². The third-order valence-electron chi connectivity index (χ3n) is 4.13. The fraction of sp³-hybridized carbons (Fsp3) is 0.533. The lowest BCUT2D eigenvalue weighted by atomic mass is 9.81.